The third-order valence-corrected chi connectivity index (χ3v) is 6.58. The Kier molecular flexibility index (Phi) is 6.06. The third-order valence-electron chi connectivity index (χ3n) is 3.30. The van der Waals surface area contributed by atoms with Crippen LogP contribution in [0.3, 0.4) is 0 Å². The van der Waals surface area contributed by atoms with E-state index in [1.165, 1.54) is 11.8 Å². The second-order valence-electron chi connectivity index (χ2n) is 5.19. The number of anilines is 1. The monoisotopic (exact) mass is 357 g/mol. The number of amides is 1. The van der Waals surface area contributed by atoms with E-state index in [0.29, 0.717) is 17.7 Å². The molecule has 0 bridgehead atoms. The van der Waals surface area contributed by atoms with Crippen LogP contribution in [0.1, 0.15) is 23.7 Å². The van der Waals surface area contributed by atoms with Crippen LogP contribution in [0.15, 0.2) is 24.3 Å². The van der Waals surface area contributed by atoms with Crippen molar-refractivity contribution >= 4 is 39.2 Å². The largest absolute Gasteiger partial charge is 0.462 e. The van der Waals surface area contributed by atoms with Gasteiger partial charge in [0, 0.05) is 10.9 Å². The molecule has 23 heavy (non-hydrogen) atoms. The van der Waals surface area contributed by atoms with Gasteiger partial charge in [0.05, 0.1) is 29.4 Å². The molecule has 1 saturated heterocycles. The number of thioether (sulfide) groups is 1. The van der Waals surface area contributed by atoms with Crippen LogP contribution in [-0.4, -0.2) is 49.4 Å². The minimum atomic E-state index is -2.93. The predicted molar refractivity (Wildman–Crippen MR) is 90.5 cm³/mol. The van der Waals surface area contributed by atoms with Gasteiger partial charge in [0.2, 0.25) is 5.91 Å². The quantitative estimate of drug-likeness (QED) is 0.780. The molecule has 0 aromatic heterocycles. The Morgan fingerprint density at radius 3 is 2.83 bits per heavy atom. The number of ether oxygens (including phenoxy) is 1. The van der Waals surface area contributed by atoms with E-state index in [4.69, 9.17) is 4.74 Å². The molecule has 0 aliphatic carbocycles. The summed E-state index contributed by atoms with van der Waals surface area (Å²) >= 11 is 1.35. The first-order valence-corrected chi connectivity index (χ1v) is 10.2. The summed E-state index contributed by atoms with van der Waals surface area (Å²) in [6.07, 6.45) is 0.596. The molecule has 1 aliphatic heterocycles. The fourth-order valence-electron chi connectivity index (χ4n) is 2.22. The van der Waals surface area contributed by atoms with Crippen molar-refractivity contribution in [2.75, 3.05) is 29.2 Å². The van der Waals surface area contributed by atoms with Crippen LogP contribution >= 0.6 is 11.8 Å². The Morgan fingerprint density at radius 1 is 1.39 bits per heavy atom. The maximum absolute atomic E-state index is 11.9. The molecule has 1 aromatic rings. The minimum Gasteiger partial charge on any atom is -0.462 e. The lowest BCUT2D eigenvalue weighted by molar-refractivity contribution is -0.113. The van der Waals surface area contributed by atoms with Crippen molar-refractivity contribution < 1.29 is 22.7 Å². The zero-order valence-electron chi connectivity index (χ0n) is 12.8. The lowest BCUT2D eigenvalue weighted by atomic mass is 10.2. The third kappa shape index (κ3) is 5.54. The van der Waals surface area contributed by atoms with Gasteiger partial charge in [-0.1, -0.05) is 6.07 Å². The molecule has 8 heteroatoms. The number of benzene rings is 1. The number of hydrogen-bond acceptors (Lipinski definition) is 6. The Morgan fingerprint density at radius 2 is 2.17 bits per heavy atom. The number of sulfone groups is 1. The topological polar surface area (TPSA) is 89.5 Å². The number of rotatable bonds is 6. The number of hydrogen-bond donors (Lipinski definition) is 1. The number of esters is 1. The highest BCUT2D eigenvalue weighted by molar-refractivity contribution is 8.02. The van der Waals surface area contributed by atoms with Gasteiger partial charge in [-0.15, -0.1) is 11.8 Å². The molecule has 0 unspecified atom stereocenters. The first-order valence-electron chi connectivity index (χ1n) is 7.28. The van der Waals surface area contributed by atoms with Crippen LogP contribution in [0, 0.1) is 0 Å². The average molecular weight is 357 g/mol. The lowest BCUT2D eigenvalue weighted by Gasteiger charge is -2.09. The molecule has 2 rings (SSSR count). The lowest BCUT2D eigenvalue weighted by Crippen LogP contribution is -2.17. The molecule has 0 radical (unpaired) electrons. The van der Waals surface area contributed by atoms with Gasteiger partial charge in [-0.3, -0.25) is 4.79 Å². The van der Waals surface area contributed by atoms with Crippen LogP contribution in [0.5, 0.6) is 0 Å². The van der Waals surface area contributed by atoms with Gasteiger partial charge in [0.25, 0.3) is 0 Å². The summed E-state index contributed by atoms with van der Waals surface area (Å²) in [7, 11) is -2.93. The van der Waals surface area contributed by atoms with E-state index in [2.05, 4.69) is 5.32 Å². The Hall–Kier alpha value is -1.54. The standard InChI is InChI=1S/C15H19NO5S2/c1-2-21-15(18)11-4-3-5-12(8-11)16-14(17)9-22-13-6-7-23(19,20)10-13/h3-5,8,13H,2,6-7,9-10H2,1H3,(H,16,17)/t13-/m0/s1. The maximum Gasteiger partial charge on any atom is 0.338 e. The van der Waals surface area contributed by atoms with E-state index in [9.17, 15) is 18.0 Å². The van der Waals surface area contributed by atoms with Gasteiger partial charge < -0.3 is 10.1 Å². The molecule has 0 spiro atoms. The van der Waals surface area contributed by atoms with Crippen molar-refractivity contribution in [1.29, 1.82) is 0 Å². The normalized spacial score (nSPS) is 19.3. The fraction of sp³-hybridized carbons (Fsp3) is 0.467. The van der Waals surface area contributed by atoms with Gasteiger partial charge >= 0.3 is 5.97 Å². The second kappa shape index (κ2) is 7.83. The molecular formula is C15H19NO5S2. The fourth-order valence-corrected chi connectivity index (χ4v) is 5.66. The van der Waals surface area contributed by atoms with Crippen molar-refractivity contribution in [2.24, 2.45) is 0 Å². The maximum atomic E-state index is 11.9. The summed E-state index contributed by atoms with van der Waals surface area (Å²) in [5, 5.41) is 2.69. The van der Waals surface area contributed by atoms with Crippen LogP contribution in [0.2, 0.25) is 0 Å². The van der Waals surface area contributed by atoms with Gasteiger partial charge in [-0.05, 0) is 31.5 Å². The molecule has 1 atom stereocenters. The SMILES string of the molecule is CCOC(=O)c1cccc(NC(=O)CS[C@H]2CCS(=O)(=O)C2)c1. The van der Waals surface area contributed by atoms with E-state index < -0.39 is 15.8 Å². The number of nitrogens with one attached hydrogen (secondary N) is 1. The van der Waals surface area contributed by atoms with E-state index in [-0.39, 0.29) is 35.0 Å². The highest BCUT2D eigenvalue weighted by Gasteiger charge is 2.28. The number of carbonyl (C=O) groups excluding carboxylic acids is 2. The molecule has 126 valence electrons. The van der Waals surface area contributed by atoms with Crippen molar-refractivity contribution in [3.8, 4) is 0 Å². The Balaban J connectivity index is 1.85. The molecule has 1 N–H and O–H groups in total. The predicted octanol–water partition coefficient (Wildman–Crippen LogP) is 1.72. The molecule has 1 aliphatic rings. The molecule has 1 fully saturated rings. The zero-order chi connectivity index (χ0) is 16.9. The van der Waals surface area contributed by atoms with Gasteiger partial charge in [-0.2, -0.15) is 0 Å². The van der Waals surface area contributed by atoms with Crippen LogP contribution in [0.25, 0.3) is 0 Å². The molecule has 1 aromatic carbocycles. The highest BCUT2D eigenvalue weighted by Crippen LogP contribution is 2.24. The highest BCUT2D eigenvalue weighted by atomic mass is 32.2. The van der Waals surface area contributed by atoms with Crippen molar-refractivity contribution in [3.05, 3.63) is 29.8 Å². The Labute approximate surface area is 139 Å². The molecule has 6 nitrogen and oxygen atoms in total. The first kappa shape index (κ1) is 17.8. The summed E-state index contributed by atoms with van der Waals surface area (Å²) in [6, 6.07) is 6.52. The van der Waals surface area contributed by atoms with Crippen LogP contribution in [-0.2, 0) is 19.4 Å². The summed E-state index contributed by atoms with van der Waals surface area (Å²) in [5.41, 5.74) is 0.888. The molecule has 1 heterocycles. The summed E-state index contributed by atoms with van der Waals surface area (Å²) in [5.74, 6) is -0.129. The Bertz CT molecular complexity index is 687. The van der Waals surface area contributed by atoms with Gasteiger partial charge in [-0.25, -0.2) is 13.2 Å². The van der Waals surface area contributed by atoms with E-state index in [1.54, 1.807) is 31.2 Å². The second-order valence-corrected chi connectivity index (χ2v) is 8.70. The molecular weight excluding hydrogens is 338 g/mol. The van der Waals surface area contributed by atoms with E-state index in [0.717, 1.165) is 0 Å². The number of carbonyl (C=O) groups is 2. The minimum absolute atomic E-state index is 0.0170. The first-order chi connectivity index (χ1) is 10.9. The molecule has 0 saturated carbocycles. The van der Waals surface area contributed by atoms with Crippen molar-refractivity contribution in [1.82, 2.24) is 0 Å². The van der Waals surface area contributed by atoms with E-state index in [1.807, 2.05) is 0 Å². The van der Waals surface area contributed by atoms with Gasteiger partial charge in [0.1, 0.15) is 0 Å². The molecule has 1 amide bonds. The van der Waals surface area contributed by atoms with Crippen LogP contribution in [0.4, 0.5) is 5.69 Å². The van der Waals surface area contributed by atoms with Crippen molar-refractivity contribution in [2.45, 2.75) is 18.6 Å². The van der Waals surface area contributed by atoms with Gasteiger partial charge in [0.15, 0.2) is 9.84 Å². The smallest absolute Gasteiger partial charge is 0.338 e. The zero-order valence-corrected chi connectivity index (χ0v) is 14.4. The average Bonchev–Trinajstić information content (AvgIpc) is 2.85. The van der Waals surface area contributed by atoms with Crippen LogP contribution < -0.4 is 5.32 Å². The summed E-state index contributed by atoms with van der Waals surface area (Å²) in [4.78, 5) is 23.6. The summed E-state index contributed by atoms with van der Waals surface area (Å²) < 4.78 is 27.7. The summed E-state index contributed by atoms with van der Waals surface area (Å²) in [6.45, 7) is 2.01. The van der Waals surface area contributed by atoms with E-state index >= 15 is 0 Å². The van der Waals surface area contributed by atoms with Crippen molar-refractivity contribution in [3.63, 3.8) is 0 Å².